The van der Waals surface area contributed by atoms with Gasteiger partial charge in [-0.2, -0.15) is 0 Å². The van der Waals surface area contributed by atoms with Crippen LogP contribution in [0.2, 0.25) is 0 Å². The lowest BCUT2D eigenvalue weighted by Gasteiger charge is -2.34. The third kappa shape index (κ3) is 1.74. The van der Waals surface area contributed by atoms with Gasteiger partial charge in [0.1, 0.15) is 5.82 Å². The van der Waals surface area contributed by atoms with Gasteiger partial charge >= 0.3 is 0 Å². The van der Waals surface area contributed by atoms with Gasteiger partial charge in [-0.05, 0) is 30.9 Å². The monoisotopic (exact) mass is 177 g/mol. The highest BCUT2D eigenvalue weighted by atomic mass is 15.0. The largest absolute Gasteiger partial charge is 0.382 e. The van der Waals surface area contributed by atoms with Crippen molar-refractivity contribution in [3.8, 4) is 0 Å². The molecule has 0 unspecified atom stereocenters. The number of nitrogens with one attached hydrogen (secondary N) is 1. The van der Waals surface area contributed by atoms with E-state index >= 15 is 0 Å². The summed E-state index contributed by atoms with van der Waals surface area (Å²) in [4.78, 5) is 4.02. The van der Waals surface area contributed by atoms with Gasteiger partial charge in [-0.25, -0.2) is 4.98 Å². The van der Waals surface area contributed by atoms with Gasteiger partial charge in [-0.15, -0.1) is 0 Å². The van der Waals surface area contributed by atoms with Crippen LogP contribution < -0.4 is 11.1 Å². The van der Waals surface area contributed by atoms with Gasteiger partial charge < -0.3 is 11.1 Å². The molecule has 0 atom stereocenters. The number of pyridine rings is 1. The van der Waals surface area contributed by atoms with Crippen molar-refractivity contribution in [1.29, 1.82) is 0 Å². The van der Waals surface area contributed by atoms with Crippen molar-refractivity contribution in [2.45, 2.75) is 25.8 Å². The lowest BCUT2D eigenvalue weighted by atomic mass is 9.82. The Morgan fingerprint density at radius 2 is 2.31 bits per heavy atom. The van der Waals surface area contributed by atoms with E-state index in [0.29, 0.717) is 11.9 Å². The molecule has 0 bridgehead atoms. The predicted molar refractivity (Wildman–Crippen MR) is 54.5 cm³/mol. The van der Waals surface area contributed by atoms with E-state index in [1.165, 1.54) is 12.8 Å². The van der Waals surface area contributed by atoms with Crippen molar-refractivity contribution in [2.75, 3.05) is 11.1 Å². The molecule has 0 aromatic carbocycles. The molecule has 1 saturated carbocycles. The predicted octanol–water partition coefficient (Wildman–Crippen LogP) is 1.87. The van der Waals surface area contributed by atoms with Crippen molar-refractivity contribution in [3.05, 3.63) is 18.3 Å². The first kappa shape index (κ1) is 8.35. The maximum absolute atomic E-state index is 5.71. The summed E-state index contributed by atoms with van der Waals surface area (Å²) in [5, 5.41) is 3.39. The van der Waals surface area contributed by atoms with Crippen molar-refractivity contribution in [1.82, 2.24) is 4.98 Å². The van der Waals surface area contributed by atoms with E-state index in [4.69, 9.17) is 5.73 Å². The zero-order valence-electron chi connectivity index (χ0n) is 7.83. The Hall–Kier alpha value is -1.25. The van der Waals surface area contributed by atoms with E-state index in [2.05, 4.69) is 17.2 Å². The molecule has 0 spiro atoms. The van der Waals surface area contributed by atoms with Crippen molar-refractivity contribution in [2.24, 2.45) is 5.92 Å². The lowest BCUT2D eigenvalue weighted by Crippen LogP contribution is -2.34. The minimum absolute atomic E-state index is 0.599. The Bertz CT molecular complexity index is 292. The number of rotatable bonds is 2. The SMILES string of the molecule is CC1CC(Nc2cccnc2N)C1. The first-order valence-electron chi connectivity index (χ1n) is 4.72. The third-order valence-electron chi connectivity index (χ3n) is 2.57. The molecular weight excluding hydrogens is 162 g/mol. The molecule has 13 heavy (non-hydrogen) atoms. The van der Waals surface area contributed by atoms with Gasteiger partial charge in [0.15, 0.2) is 0 Å². The Balaban J connectivity index is 1.98. The van der Waals surface area contributed by atoms with Gasteiger partial charge in [0.2, 0.25) is 0 Å². The molecule has 0 amide bonds. The number of hydrogen-bond acceptors (Lipinski definition) is 3. The normalized spacial score (nSPS) is 26.5. The lowest BCUT2D eigenvalue weighted by molar-refractivity contribution is 0.309. The van der Waals surface area contributed by atoms with Gasteiger partial charge in [-0.3, -0.25) is 0 Å². The van der Waals surface area contributed by atoms with Crippen LogP contribution in [-0.4, -0.2) is 11.0 Å². The van der Waals surface area contributed by atoms with E-state index in [0.717, 1.165) is 11.6 Å². The molecule has 3 N–H and O–H groups in total. The second-order valence-electron chi connectivity index (χ2n) is 3.85. The van der Waals surface area contributed by atoms with Crippen LogP contribution in [0.4, 0.5) is 11.5 Å². The summed E-state index contributed by atoms with van der Waals surface area (Å²) in [5.74, 6) is 1.46. The summed E-state index contributed by atoms with van der Waals surface area (Å²) in [6.07, 6.45) is 4.20. The summed E-state index contributed by atoms with van der Waals surface area (Å²) in [7, 11) is 0. The van der Waals surface area contributed by atoms with Gasteiger partial charge in [0, 0.05) is 12.2 Å². The highest BCUT2D eigenvalue weighted by Crippen LogP contribution is 2.30. The quantitative estimate of drug-likeness (QED) is 0.725. The average Bonchev–Trinajstić information content (AvgIpc) is 2.06. The van der Waals surface area contributed by atoms with Crippen LogP contribution in [0.5, 0.6) is 0 Å². The second-order valence-corrected chi connectivity index (χ2v) is 3.85. The van der Waals surface area contributed by atoms with Gasteiger partial charge in [-0.1, -0.05) is 6.92 Å². The molecule has 1 fully saturated rings. The molecule has 0 aliphatic heterocycles. The van der Waals surface area contributed by atoms with Crippen LogP contribution >= 0.6 is 0 Å². The number of anilines is 2. The molecule has 1 aromatic rings. The number of nitrogens with zero attached hydrogens (tertiary/aromatic N) is 1. The van der Waals surface area contributed by atoms with Crippen LogP contribution in [-0.2, 0) is 0 Å². The Labute approximate surface area is 78.4 Å². The molecule has 70 valence electrons. The number of nitrogens with two attached hydrogens (primary N) is 1. The number of aromatic nitrogens is 1. The summed E-state index contributed by atoms with van der Waals surface area (Å²) in [5.41, 5.74) is 6.68. The highest BCUT2D eigenvalue weighted by molar-refractivity contribution is 5.61. The molecule has 0 saturated heterocycles. The highest BCUT2D eigenvalue weighted by Gasteiger charge is 2.25. The minimum atomic E-state index is 0.599. The summed E-state index contributed by atoms with van der Waals surface area (Å²) in [6, 6.07) is 4.48. The topological polar surface area (TPSA) is 50.9 Å². The van der Waals surface area contributed by atoms with Crippen molar-refractivity contribution in [3.63, 3.8) is 0 Å². The summed E-state index contributed by atoms with van der Waals surface area (Å²) >= 11 is 0. The molecule has 1 aliphatic carbocycles. The maximum atomic E-state index is 5.71. The number of nitrogen functional groups attached to an aromatic ring is 1. The average molecular weight is 177 g/mol. The molecule has 0 radical (unpaired) electrons. The molecular formula is C10H15N3. The van der Waals surface area contributed by atoms with Gasteiger partial charge in [0.05, 0.1) is 5.69 Å². The molecule has 3 nitrogen and oxygen atoms in total. The van der Waals surface area contributed by atoms with Crippen LogP contribution in [0.1, 0.15) is 19.8 Å². The number of hydrogen-bond donors (Lipinski definition) is 2. The Morgan fingerprint density at radius 1 is 1.54 bits per heavy atom. The fraction of sp³-hybridized carbons (Fsp3) is 0.500. The second kappa shape index (κ2) is 3.24. The van der Waals surface area contributed by atoms with Crippen LogP contribution in [0.25, 0.3) is 0 Å². The first-order valence-corrected chi connectivity index (χ1v) is 4.72. The van der Waals surface area contributed by atoms with Crippen LogP contribution in [0.3, 0.4) is 0 Å². The Kier molecular flexibility index (Phi) is 2.08. The van der Waals surface area contributed by atoms with Crippen molar-refractivity contribution < 1.29 is 0 Å². The van der Waals surface area contributed by atoms with E-state index in [-0.39, 0.29) is 0 Å². The first-order chi connectivity index (χ1) is 6.25. The summed E-state index contributed by atoms with van der Waals surface area (Å²) in [6.45, 7) is 2.27. The smallest absolute Gasteiger partial charge is 0.146 e. The molecule has 2 rings (SSSR count). The fourth-order valence-electron chi connectivity index (χ4n) is 1.78. The third-order valence-corrected chi connectivity index (χ3v) is 2.57. The zero-order valence-corrected chi connectivity index (χ0v) is 7.83. The van der Waals surface area contributed by atoms with Gasteiger partial charge in [0.25, 0.3) is 0 Å². The summed E-state index contributed by atoms with van der Waals surface area (Å²) < 4.78 is 0. The molecule has 3 heteroatoms. The van der Waals surface area contributed by atoms with E-state index in [1.54, 1.807) is 6.20 Å². The Morgan fingerprint density at radius 3 is 2.92 bits per heavy atom. The molecule has 1 aromatic heterocycles. The molecule has 1 heterocycles. The van der Waals surface area contributed by atoms with Crippen molar-refractivity contribution >= 4 is 11.5 Å². The maximum Gasteiger partial charge on any atom is 0.146 e. The standard InChI is InChI=1S/C10H15N3/c1-7-5-8(6-7)13-9-3-2-4-12-10(9)11/h2-4,7-8,13H,5-6H2,1H3,(H2,11,12). The van der Waals surface area contributed by atoms with E-state index in [9.17, 15) is 0 Å². The minimum Gasteiger partial charge on any atom is -0.382 e. The zero-order chi connectivity index (χ0) is 9.26. The van der Waals surface area contributed by atoms with Crippen LogP contribution in [0.15, 0.2) is 18.3 Å². The van der Waals surface area contributed by atoms with E-state index in [1.807, 2.05) is 12.1 Å². The molecule has 1 aliphatic rings. The van der Waals surface area contributed by atoms with Crippen LogP contribution in [0, 0.1) is 5.92 Å². The van der Waals surface area contributed by atoms with E-state index < -0.39 is 0 Å². The fourth-order valence-corrected chi connectivity index (χ4v) is 1.78.